The Balaban J connectivity index is 1.13. The van der Waals surface area contributed by atoms with Crippen LogP contribution in [0.15, 0.2) is 18.6 Å². The lowest BCUT2D eigenvalue weighted by molar-refractivity contribution is -0.155. The van der Waals surface area contributed by atoms with Crippen LogP contribution in [0.25, 0.3) is 11.2 Å². The van der Waals surface area contributed by atoms with Gasteiger partial charge in [-0.25, -0.2) is 20.1 Å². The number of aromatic nitrogens is 3. The van der Waals surface area contributed by atoms with Crippen molar-refractivity contribution in [1.29, 1.82) is 0 Å². The van der Waals surface area contributed by atoms with Gasteiger partial charge in [-0.2, -0.15) is 0 Å². The molecule has 7 atom stereocenters. The summed E-state index contributed by atoms with van der Waals surface area (Å²) >= 11 is 0. The van der Waals surface area contributed by atoms with E-state index >= 15 is 0 Å². The second-order valence-electron chi connectivity index (χ2n) is 14.3. The number of nitrogens with one attached hydrogen (secondary N) is 2. The SMILES string of the molecule is C[C@H](Cn1cnc2c(N)ccnc21)OCP(=O)(NC(C)(C)C(=O)OC1C[C@@H]2C[C@@H]2C1)NC(C)(C)C(=O)OC1C[C@@H]2C[C@@H]2C1. The maximum Gasteiger partial charge on any atom is 0.326 e. The van der Waals surface area contributed by atoms with Gasteiger partial charge >= 0.3 is 11.9 Å². The van der Waals surface area contributed by atoms with Gasteiger partial charge in [0.2, 0.25) is 7.44 Å². The van der Waals surface area contributed by atoms with Gasteiger partial charge in [-0.1, -0.05) is 0 Å². The Hall–Kier alpha value is -2.53. The average molecular weight is 617 g/mol. The largest absolute Gasteiger partial charge is 0.461 e. The molecule has 0 bridgehead atoms. The molecule has 4 aliphatic carbocycles. The number of imidazole rings is 1. The van der Waals surface area contributed by atoms with Crippen molar-refractivity contribution in [2.24, 2.45) is 23.7 Å². The highest BCUT2D eigenvalue weighted by Gasteiger charge is 2.50. The molecule has 236 valence electrons. The molecule has 0 aromatic carbocycles. The molecular formula is C30H45N6O6P. The number of nitrogens with zero attached hydrogens (tertiary/aromatic N) is 3. The molecule has 13 heteroatoms. The summed E-state index contributed by atoms with van der Waals surface area (Å²) in [5, 5.41) is 6.05. The Morgan fingerprint density at radius 3 is 1.98 bits per heavy atom. The summed E-state index contributed by atoms with van der Waals surface area (Å²) < 4.78 is 34.2. The van der Waals surface area contributed by atoms with Gasteiger partial charge in [-0.05, 0) is 103 Å². The molecule has 4 saturated carbocycles. The Morgan fingerprint density at radius 2 is 1.47 bits per heavy atom. The standard InChI is InChI=1S/C30H45N6O6P/c1-17(14-36-15-33-25-24(31)6-7-32-26(25)36)40-16-43(39,34-29(2,3)27(37)41-22-10-18-8-19(18)11-22)35-30(4,5)28(38)42-23-12-20-9-21(20)13-23/h6-7,15,17-23H,8-14,16H2,1-5H3,(H2,31,32)(H2,34,35,39)/t17-,18-,19+,20-,21+,22?,23?,43?/m1/s1. The van der Waals surface area contributed by atoms with Crippen LogP contribution >= 0.6 is 7.44 Å². The molecule has 0 aliphatic heterocycles. The van der Waals surface area contributed by atoms with Crippen LogP contribution in [0.2, 0.25) is 0 Å². The van der Waals surface area contributed by atoms with Crippen molar-refractivity contribution in [3.05, 3.63) is 18.6 Å². The summed E-state index contributed by atoms with van der Waals surface area (Å²) in [6, 6.07) is 1.69. The van der Waals surface area contributed by atoms with Gasteiger partial charge in [0, 0.05) is 6.20 Å². The Bertz CT molecular complexity index is 1370. The minimum atomic E-state index is -3.75. The van der Waals surface area contributed by atoms with Crippen LogP contribution in [0.3, 0.4) is 0 Å². The van der Waals surface area contributed by atoms with Gasteiger partial charge in [0.1, 0.15) is 35.2 Å². The topological polar surface area (TPSA) is 160 Å². The number of carbonyl (C=O) groups excluding carboxylic acids is 2. The Morgan fingerprint density at radius 1 is 0.953 bits per heavy atom. The third-order valence-electron chi connectivity index (χ3n) is 9.42. The first-order valence-electron chi connectivity index (χ1n) is 15.5. The van der Waals surface area contributed by atoms with Crippen LogP contribution in [-0.2, 0) is 34.9 Å². The molecule has 0 spiro atoms. The summed E-state index contributed by atoms with van der Waals surface area (Å²) in [5.74, 6) is 1.68. The highest BCUT2D eigenvalue weighted by atomic mass is 31.2. The monoisotopic (exact) mass is 616 g/mol. The summed E-state index contributed by atoms with van der Waals surface area (Å²) in [6.45, 7) is 8.80. The van der Waals surface area contributed by atoms with Gasteiger partial charge in [-0.3, -0.25) is 14.2 Å². The second kappa shape index (κ2) is 11.1. The van der Waals surface area contributed by atoms with Crippen LogP contribution in [0.1, 0.15) is 73.1 Å². The molecule has 4 aliphatic rings. The fourth-order valence-corrected chi connectivity index (χ4v) is 9.51. The van der Waals surface area contributed by atoms with E-state index in [9.17, 15) is 14.2 Å². The number of nitrogens with two attached hydrogens (primary N) is 1. The molecule has 4 N–H and O–H groups in total. The van der Waals surface area contributed by atoms with Crippen molar-refractivity contribution in [3.8, 4) is 0 Å². The number of nitrogen functional groups attached to an aromatic ring is 1. The number of ether oxygens (including phenoxy) is 3. The predicted molar refractivity (Wildman–Crippen MR) is 161 cm³/mol. The molecule has 4 fully saturated rings. The van der Waals surface area contributed by atoms with E-state index in [1.807, 2.05) is 11.5 Å². The fourth-order valence-electron chi connectivity index (χ4n) is 6.87. The van der Waals surface area contributed by atoms with E-state index in [-0.39, 0.29) is 18.6 Å². The lowest BCUT2D eigenvalue weighted by atomic mass is 10.1. The highest BCUT2D eigenvalue weighted by Crippen LogP contribution is 2.54. The predicted octanol–water partition coefficient (Wildman–Crippen LogP) is 3.99. The number of fused-ring (bicyclic) bond motifs is 3. The quantitative estimate of drug-likeness (QED) is 0.221. The number of hydrogen-bond donors (Lipinski definition) is 3. The minimum Gasteiger partial charge on any atom is -0.461 e. The minimum absolute atomic E-state index is 0.113. The zero-order chi connectivity index (χ0) is 30.7. The van der Waals surface area contributed by atoms with Crippen LogP contribution in [0.5, 0.6) is 0 Å². The molecule has 2 aromatic rings. The fraction of sp³-hybridized carbons (Fsp3) is 0.733. The van der Waals surface area contributed by atoms with Crippen LogP contribution in [0, 0.1) is 23.7 Å². The summed E-state index contributed by atoms with van der Waals surface area (Å²) in [7, 11) is -3.75. The zero-order valence-corrected chi connectivity index (χ0v) is 26.6. The third-order valence-corrected chi connectivity index (χ3v) is 11.8. The Labute approximate surface area is 252 Å². The average Bonchev–Trinajstić information content (AvgIpc) is 3.65. The van der Waals surface area contributed by atoms with Crippen LogP contribution in [0.4, 0.5) is 5.69 Å². The Kier molecular flexibility index (Phi) is 7.89. The summed E-state index contributed by atoms with van der Waals surface area (Å²) in [5.41, 5.74) is 5.16. The van der Waals surface area contributed by atoms with E-state index < -0.39 is 36.6 Å². The van der Waals surface area contributed by atoms with E-state index in [0.717, 1.165) is 25.7 Å². The molecule has 2 aromatic heterocycles. The van der Waals surface area contributed by atoms with Crippen molar-refractivity contribution < 1.29 is 28.4 Å². The van der Waals surface area contributed by atoms with Crippen LogP contribution < -0.4 is 15.9 Å². The first-order chi connectivity index (χ1) is 20.2. The van der Waals surface area contributed by atoms with Crippen molar-refractivity contribution in [2.75, 3.05) is 12.1 Å². The van der Waals surface area contributed by atoms with Crippen molar-refractivity contribution in [2.45, 2.75) is 109 Å². The smallest absolute Gasteiger partial charge is 0.326 e. The zero-order valence-electron chi connectivity index (χ0n) is 25.7. The molecular weight excluding hydrogens is 571 g/mol. The highest BCUT2D eigenvalue weighted by molar-refractivity contribution is 7.59. The normalized spacial score (nSPS) is 29.9. The van der Waals surface area contributed by atoms with Gasteiger partial charge in [0.25, 0.3) is 0 Å². The van der Waals surface area contributed by atoms with E-state index in [1.54, 1.807) is 46.3 Å². The number of rotatable bonds is 13. The van der Waals surface area contributed by atoms with Gasteiger partial charge in [0.05, 0.1) is 24.7 Å². The summed E-state index contributed by atoms with van der Waals surface area (Å²) in [4.78, 5) is 35.3. The van der Waals surface area contributed by atoms with Crippen molar-refractivity contribution in [3.63, 3.8) is 0 Å². The van der Waals surface area contributed by atoms with Crippen LogP contribution in [-0.4, -0.2) is 62.2 Å². The first kappa shape index (κ1) is 30.5. The molecule has 12 nitrogen and oxygen atoms in total. The van der Waals surface area contributed by atoms with Crippen molar-refractivity contribution in [1.82, 2.24) is 24.7 Å². The van der Waals surface area contributed by atoms with Gasteiger partial charge in [0.15, 0.2) is 5.65 Å². The van der Waals surface area contributed by atoms with E-state index in [4.69, 9.17) is 19.9 Å². The van der Waals surface area contributed by atoms with Crippen molar-refractivity contribution >= 4 is 36.2 Å². The second-order valence-corrected chi connectivity index (χ2v) is 16.5. The van der Waals surface area contributed by atoms with E-state index in [0.29, 0.717) is 47.1 Å². The number of anilines is 1. The number of esters is 2. The molecule has 2 unspecified atom stereocenters. The van der Waals surface area contributed by atoms with E-state index in [1.165, 1.54) is 12.8 Å². The maximum absolute atomic E-state index is 14.6. The first-order valence-corrected chi connectivity index (χ1v) is 17.4. The molecule has 0 amide bonds. The van der Waals surface area contributed by atoms with Gasteiger partial charge in [-0.15, -0.1) is 0 Å². The molecule has 43 heavy (non-hydrogen) atoms. The molecule has 2 heterocycles. The molecule has 0 radical (unpaired) electrons. The maximum atomic E-state index is 14.6. The van der Waals surface area contributed by atoms with Gasteiger partial charge < -0.3 is 24.5 Å². The number of carbonyl (C=O) groups is 2. The number of hydrogen-bond acceptors (Lipinski definition) is 9. The third kappa shape index (κ3) is 6.77. The molecule has 0 saturated heterocycles. The number of pyridine rings is 1. The lowest BCUT2D eigenvalue weighted by Gasteiger charge is -2.36. The molecule has 6 rings (SSSR count). The van der Waals surface area contributed by atoms with E-state index in [2.05, 4.69) is 20.1 Å². The summed E-state index contributed by atoms with van der Waals surface area (Å²) in [6.07, 6.45) is 8.30. The lowest BCUT2D eigenvalue weighted by Crippen LogP contribution is -2.54.